The zero-order chi connectivity index (χ0) is 22.5. The van der Waals surface area contributed by atoms with Gasteiger partial charge in [0.15, 0.2) is 0 Å². The number of anilines is 1. The SMILES string of the molecule is COc1cc(OC)c2cc(C(=O)NCCC(=O)Nc3ccc(OC)c(Cl)c3)n(C)c2c1. The predicted molar refractivity (Wildman–Crippen MR) is 120 cm³/mol. The van der Waals surface area contributed by atoms with E-state index in [9.17, 15) is 9.59 Å². The van der Waals surface area contributed by atoms with Crippen LogP contribution in [0.2, 0.25) is 5.02 Å². The van der Waals surface area contributed by atoms with Gasteiger partial charge in [0, 0.05) is 43.2 Å². The maximum Gasteiger partial charge on any atom is 0.267 e. The number of carbonyl (C=O) groups is 2. The van der Waals surface area contributed by atoms with Gasteiger partial charge in [-0.3, -0.25) is 9.59 Å². The van der Waals surface area contributed by atoms with Crippen LogP contribution in [0.1, 0.15) is 16.9 Å². The van der Waals surface area contributed by atoms with Crippen molar-refractivity contribution in [1.29, 1.82) is 0 Å². The minimum Gasteiger partial charge on any atom is -0.497 e. The van der Waals surface area contributed by atoms with Gasteiger partial charge < -0.3 is 29.4 Å². The Kier molecular flexibility index (Phi) is 6.91. The molecule has 0 aliphatic rings. The molecule has 1 heterocycles. The number of fused-ring (bicyclic) bond motifs is 1. The van der Waals surface area contributed by atoms with Crippen LogP contribution in [0.15, 0.2) is 36.4 Å². The largest absolute Gasteiger partial charge is 0.497 e. The summed E-state index contributed by atoms with van der Waals surface area (Å²) >= 11 is 6.06. The third-order valence-electron chi connectivity index (χ3n) is 4.86. The van der Waals surface area contributed by atoms with E-state index in [-0.39, 0.29) is 24.8 Å². The van der Waals surface area contributed by atoms with Crippen LogP contribution in [0.5, 0.6) is 17.2 Å². The van der Waals surface area contributed by atoms with E-state index < -0.39 is 0 Å². The Labute approximate surface area is 185 Å². The molecule has 0 saturated heterocycles. The molecule has 164 valence electrons. The lowest BCUT2D eigenvalue weighted by Gasteiger charge is -2.09. The lowest BCUT2D eigenvalue weighted by atomic mass is 10.2. The van der Waals surface area contributed by atoms with Gasteiger partial charge in [-0.05, 0) is 24.3 Å². The molecule has 2 aromatic carbocycles. The minimum atomic E-state index is -0.292. The summed E-state index contributed by atoms with van der Waals surface area (Å²) in [4.78, 5) is 24.9. The third kappa shape index (κ3) is 4.86. The van der Waals surface area contributed by atoms with Crippen LogP contribution < -0.4 is 24.8 Å². The second-order valence-electron chi connectivity index (χ2n) is 6.75. The zero-order valence-corrected chi connectivity index (χ0v) is 18.5. The quantitative estimate of drug-likeness (QED) is 0.552. The lowest BCUT2D eigenvalue weighted by Crippen LogP contribution is -2.29. The summed E-state index contributed by atoms with van der Waals surface area (Å²) < 4.78 is 17.6. The molecule has 0 fully saturated rings. The van der Waals surface area contributed by atoms with E-state index in [4.69, 9.17) is 25.8 Å². The second-order valence-corrected chi connectivity index (χ2v) is 7.16. The van der Waals surface area contributed by atoms with Gasteiger partial charge in [0.25, 0.3) is 5.91 Å². The standard InChI is InChI=1S/C22H24ClN3O5/c1-26-17-10-14(29-2)11-20(31-4)15(17)12-18(26)22(28)24-8-7-21(27)25-13-5-6-19(30-3)16(23)9-13/h5-6,9-12H,7-8H2,1-4H3,(H,24,28)(H,25,27). The van der Waals surface area contributed by atoms with Crippen LogP contribution >= 0.6 is 11.6 Å². The highest BCUT2D eigenvalue weighted by atomic mass is 35.5. The molecule has 0 bridgehead atoms. The van der Waals surface area contributed by atoms with Gasteiger partial charge in [0.05, 0.1) is 31.9 Å². The number of halogens is 1. The summed E-state index contributed by atoms with van der Waals surface area (Å²) in [7, 11) is 6.44. The van der Waals surface area contributed by atoms with Crippen molar-refractivity contribution >= 4 is 40.0 Å². The topological polar surface area (TPSA) is 90.8 Å². The molecule has 0 atom stereocenters. The number of amides is 2. The Morgan fingerprint density at radius 2 is 1.74 bits per heavy atom. The third-order valence-corrected chi connectivity index (χ3v) is 5.15. The summed E-state index contributed by atoms with van der Waals surface area (Å²) in [6.45, 7) is 0.177. The van der Waals surface area contributed by atoms with E-state index >= 15 is 0 Å². The van der Waals surface area contributed by atoms with Gasteiger partial charge in [-0.25, -0.2) is 0 Å². The highest BCUT2D eigenvalue weighted by molar-refractivity contribution is 6.32. The Balaban J connectivity index is 1.63. The van der Waals surface area contributed by atoms with Crippen molar-refractivity contribution in [2.45, 2.75) is 6.42 Å². The lowest BCUT2D eigenvalue weighted by molar-refractivity contribution is -0.116. The van der Waals surface area contributed by atoms with E-state index in [1.165, 1.54) is 7.11 Å². The maximum absolute atomic E-state index is 12.7. The fourth-order valence-corrected chi connectivity index (χ4v) is 3.48. The van der Waals surface area contributed by atoms with E-state index in [1.54, 1.807) is 56.2 Å². The first kappa shape index (κ1) is 22.3. The Hall–Kier alpha value is -3.39. The van der Waals surface area contributed by atoms with Crippen molar-refractivity contribution in [2.24, 2.45) is 7.05 Å². The van der Waals surface area contributed by atoms with Crippen molar-refractivity contribution in [1.82, 2.24) is 9.88 Å². The molecule has 0 radical (unpaired) electrons. The highest BCUT2D eigenvalue weighted by Crippen LogP contribution is 2.33. The molecule has 3 aromatic rings. The number of rotatable bonds is 8. The number of carbonyl (C=O) groups excluding carboxylic acids is 2. The van der Waals surface area contributed by atoms with Crippen LogP contribution in [0, 0.1) is 0 Å². The highest BCUT2D eigenvalue weighted by Gasteiger charge is 2.17. The molecule has 9 heteroatoms. The predicted octanol–water partition coefficient (Wildman–Crippen LogP) is 3.62. The van der Waals surface area contributed by atoms with E-state index in [1.807, 2.05) is 6.07 Å². The second kappa shape index (κ2) is 9.61. The molecule has 0 aliphatic heterocycles. The first-order chi connectivity index (χ1) is 14.9. The van der Waals surface area contributed by atoms with Crippen LogP contribution in [0.3, 0.4) is 0 Å². The van der Waals surface area contributed by atoms with Crippen LogP contribution in [-0.4, -0.2) is 44.3 Å². The Bertz CT molecular complexity index is 1130. The zero-order valence-electron chi connectivity index (χ0n) is 17.7. The molecule has 0 unspecified atom stereocenters. The molecule has 2 N–H and O–H groups in total. The maximum atomic E-state index is 12.7. The van der Waals surface area contributed by atoms with Crippen LogP contribution in [-0.2, 0) is 11.8 Å². The molecule has 8 nitrogen and oxygen atoms in total. The number of aryl methyl sites for hydroxylation is 1. The van der Waals surface area contributed by atoms with E-state index in [0.717, 1.165) is 10.9 Å². The minimum absolute atomic E-state index is 0.108. The van der Waals surface area contributed by atoms with E-state index in [2.05, 4.69) is 10.6 Å². The summed E-state index contributed by atoms with van der Waals surface area (Å²) in [6.07, 6.45) is 0.108. The fraction of sp³-hybridized carbons (Fsp3) is 0.273. The Morgan fingerprint density at radius 3 is 2.39 bits per heavy atom. The average molecular weight is 446 g/mol. The normalized spacial score (nSPS) is 10.6. The smallest absolute Gasteiger partial charge is 0.267 e. The number of ether oxygens (including phenoxy) is 3. The summed E-state index contributed by atoms with van der Waals surface area (Å²) in [5.74, 6) is 1.23. The molecular weight excluding hydrogens is 422 g/mol. The van der Waals surface area contributed by atoms with Crippen molar-refractivity contribution in [3.63, 3.8) is 0 Å². The summed E-state index contributed by atoms with van der Waals surface area (Å²) in [5, 5.41) is 6.71. The first-order valence-corrected chi connectivity index (χ1v) is 9.88. The van der Waals surface area contributed by atoms with Gasteiger partial charge in [0.1, 0.15) is 22.9 Å². The molecular formula is C22H24ClN3O5. The van der Waals surface area contributed by atoms with Gasteiger partial charge in [-0.15, -0.1) is 0 Å². The fourth-order valence-electron chi connectivity index (χ4n) is 3.23. The summed E-state index contributed by atoms with van der Waals surface area (Å²) in [6, 6.07) is 10.3. The number of nitrogens with one attached hydrogen (secondary N) is 2. The molecule has 1 aromatic heterocycles. The Morgan fingerprint density at radius 1 is 1.00 bits per heavy atom. The van der Waals surface area contributed by atoms with Crippen molar-refractivity contribution in [3.05, 3.63) is 47.1 Å². The van der Waals surface area contributed by atoms with Gasteiger partial charge >= 0.3 is 0 Å². The molecule has 2 amide bonds. The molecule has 0 spiro atoms. The first-order valence-electron chi connectivity index (χ1n) is 9.51. The number of methoxy groups -OCH3 is 3. The van der Waals surface area contributed by atoms with Gasteiger partial charge in [-0.2, -0.15) is 0 Å². The van der Waals surface area contributed by atoms with Gasteiger partial charge in [0.2, 0.25) is 5.91 Å². The molecule has 0 saturated carbocycles. The average Bonchev–Trinajstić information content (AvgIpc) is 3.09. The van der Waals surface area contributed by atoms with Crippen molar-refractivity contribution in [3.8, 4) is 17.2 Å². The number of hydrogen-bond acceptors (Lipinski definition) is 5. The molecule has 31 heavy (non-hydrogen) atoms. The van der Waals surface area contributed by atoms with E-state index in [0.29, 0.717) is 33.7 Å². The van der Waals surface area contributed by atoms with Crippen molar-refractivity contribution in [2.75, 3.05) is 33.2 Å². The number of benzene rings is 2. The molecule has 3 rings (SSSR count). The van der Waals surface area contributed by atoms with Crippen LogP contribution in [0.25, 0.3) is 10.9 Å². The van der Waals surface area contributed by atoms with Crippen LogP contribution in [0.4, 0.5) is 5.69 Å². The number of hydrogen-bond donors (Lipinski definition) is 2. The number of aromatic nitrogens is 1. The van der Waals surface area contributed by atoms with Gasteiger partial charge in [-0.1, -0.05) is 11.6 Å². The summed E-state index contributed by atoms with van der Waals surface area (Å²) in [5.41, 5.74) is 1.80. The monoisotopic (exact) mass is 445 g/mol. The molecule has 0 aliphatic carbocycles. The number of nitrogens with zero attached hydrogens (tertiary/aromatic N) is 1. The van der Waals surface area contributed by atoms with Crippen molar-refractivity contribution < 1.29 is 23.8 Å².